The Morgan fingerprint density at radius 2 is 0.967 bits per heavy atom. The summed E-state index contributed by atoms with van der Waals surface area (Å²) in [6.07, 6.45) is 17.8. The van der Waals surface area contributed by atoms with Crippen LogP contribution in [0.5, 0.6) is 17.2 Å². The Labute approximate surface area is 369 Å². The number of benzene rings is 6. The van der Waals surface area contributed by atoms with Crippen molar-refractivity contribution in [2.75, 3.05) is 13.8 Å². The van der Waals surface area contributed by atoms with E-state index < -0.39 is 7.07 Å². The fraction of sp³-hybridized carbons (Fsp3) is 0.241. The molecule has 312 valence electrons. The Morgan fingerprint density at radius 1 is 0.557 bits per heavy atom. The van der Waals surface area contributed by atoms with Gasteiger partial charge in [0.15, 0.2) is 0 Å². The van der Waals surface area contributed by atoms with E-state index in [2.05, 4.69) is 123 Å². The highest BCUT2D eigenvalue weighted by molar-refractivity contribution is 8.02. The van der Waals surface area contributed by atoms with Crippen LogP contribution in [0.2, 0.25) is 0 Å². The molecule has 0 heterocycles. The molecule has 1 atom stereocenters. The second-order valence-corrected chi connectivity index (χ2v) is 18.4. The molecule has 5 nitrogen and oxygen atoms in total. The first-order chi connectivity index (χ1) is 29.7. The highest BCUT2D eigenvalue weighted by Crippen LogP contribution is 2.54. The zero-order valence-electron chi connectivity index (χ0n) is 36.1. The number of aryl methyl sites for hydroxylation is 2. The highest BCUT2D eigenvalue weighted by atomic mass is 32.4. The number of hydrogen-bond donors (Lipinski definition) is 0. The van der Waals surface area contributed by atoms with Crippen LogP contribution in [0.25, 0.3) is 35.4 Å². The SMILES string of the molecule is CCCCC1(CCCC)c2cc(/C=C/c3ccc(C)cc3)ccc2-c2ccc(/C=C/c3ccc(OCOc4ccc(/C=N/N(C)[PH](=S)Oc5ccc(C)cc5)cc4)cc3)cc21. The van der Waals surface area contributed by atoms with Crippen LogP contribution in [-0.2, 0) is 17.2 Å². The molecule has 7 rings (SSSR count). The molecule has 1 unspecified atom stereocenters. The minimum absolute atomic E-state index is 0.0108. The Bertz CT molecular complexity index is 2480. The van der Waals surface area contributed by atoms with Crippen molar-refractivity contribution in [3.63, 3.8) is 0 Å². The molecule has 0 saturated carbocycles. The Balaban J connectivity index is 0.966. The van der Waals surface area contributed by atoms with Crippen molar-refractivity contribution < 1.29 is 14.0 Å². The number of hydrogen-bond acceptors (Lipinski definition) is 5. The van der Waals surface area contributed by atoms with Crippen LogP contribution in [-0.4, -0.2) is 24.8 Å². The maximum absolute atomic E-state index is 5.93. The van der Waals surface area contributed by atoms with Gasteiger partial charge in [-0.1, -0.05) is 160 Å². The molecule has 0 spiro atoms. The van der Waals surface area contributed by atoms with E-state index >= 15 is 0 Å². The summed E-state index contributed by atoms with van der Waals surface area (Å²) in [6.45, 7) is 8.90. The van der Waals surface area contributed by atoms with Crippen molar-refractivity contribution in [3.05, 3.63) is 184 Å². The van der Waals surface area contributed by atoms with Gasteiger partial charge in [0.05, 0.1) is 6.21 Å². The average molecular weight is 845 g/mol. The normalized spacial score (nSPS) is 13.4. The summed E-state index contributed by atoms with van der Waals surface area (Å²) < 4.78 is 19.4. The second-order valence-electron chi connectivity index (χ2n) is 16.0. The maximum Gasteiger partial charge on any atom is 0.230 e. The van der Waals surface area contributed by atoms with Gasteiger partial charge < -0.3 is 14.0 Å². The molecule has 1 aliphatic carbocycles. The summed E-state index contributed by atoms with van der Waals surface area (Å²) in [5, 5.41) is 4.49. The Kier molecular flexibility index (Phi) is 14.7. The van der Waals surface area contributed by atoms with Gasteiger partial charge in [-0.25, -0.2) is 4.78 Å². The molecule has 0 amide bonds. The predicted molar refractivity (Wildman–Crippen MR) is 263 cm³/mol. The van der Waals surface area contributed by atoms with Crippen LogP contribution >= 0.6 is 7.07 Å². The number of nitrogens with zero attached hydrogens (tertiary/aromatic N) is 2. The molecule has 6 aromatic rings. The standard InChI is InChI=1S/C54H57N2O3PS/c1-6-8-34-54(35-9-7-2)52-36-44(18-16-42-14-10-40(3)11-15-42)24-32-50(52)51-33-25-45(37-53(51)54)19-17-43-20-28-47(29-21-43)57-39-58-48-30-22-46(23-31-48)38-55-56(5)60(61)59-49-26-12-41(4)13-27-49/h10-33,36-38,60H,6-9,34-35,39H2,1-5H3/b18-16+,19-17+,55-38+. The van der Waals surface area contributed by atoms with Gasteiger partial charge in [-0.05, 0) is 137 Å². The van der Waals surface area contributed by atoms with Crippen LogP contribution in [0.4, 0.5) is 0 Å². The molecular weight excluding hydrogens is 788 g/mol. The van der Waals surface area contributed by atoms with Gasteiger partial charge in [0.1, 0.15) is 17.2 Å². The average Bonchev–Trinajstić information content (AvgIpc) is 3.55. The van der Waals surface area contributed by atoms with E-state index in [0.29, 0.717) is 5.75 Å². The molecule has 7 heteroatoms. The molecule has 0 saturated heterocycles. The first-order valence-electron chi connectivity index (χ1n) is 21.5. The molecule has 0 fully saturated rings. The van der Waals surface area contributed by atoms with Gasteiger partial charge in [-0.3, -0.25) is 0 Å². The lowest BCUT2D eigenvalue weighted by molar-refractivity contribution is 0.120. The van der Waals surface area contributed by atoms with Crippen LogP contribution in [0.15, 0.2) is 139 Å². The summed E-state index contributed by atoms with van der Waals surface area (Å²) in [6, 6.07) is 46.7. The van der Waals surface area contributed by atoms with Crippen LogP contribution < -0.4 is 14.0 Å². The number of hydrazone groups is 1. The zero-order chi connectivity index (χ0) is 42.6. The summed E-state index contributed by atoms with van der Waals surface area (Å²) in [4.78, 5) is 0. The lowest BCUT2D eigenvalue weighted by Crippen LogP contribution is -2.25. The van der Waals surface area contributed by atoms with E-state index in [1.165, 1.54) is 75.8 Å². The third kappa shape index (κ3) is 11.2. The van der Waals surface area contributed by atoms with Crippen molar-refractivity contribution in [2.45, 2.75) is 71.6 Å². The first-order valence-corrected chi connectivity index (χ1v) is 24.0. The lowest BCUT2D eigenvalue weighted by Gasteiger charge is -2.33. The minimum Gasteiger partial charge on any atom is -0.458 e. The highest BCUT2D eigenvalue weighted by Gasteiger charge is 2.42. The van der Waals surface area contributed by atoms with E-state index in [4.69, 9.17) is 25.8 Å². The third-order valence-corrected chi connectivity index (χ3v) is 13.5. The molecule has 6 aromatic carbocycles. The number of ether oxygens (including phenoxy) is 2. The molecule has 0 aliphatic heterocycles. The zero-order valence-corrected chi connectivity index (χ0v) is 37.9. The fourth-order valence-corrected chi connectivity index (χ4v) is 8.94. The van der Waals surface area contributed by atoms with Crippen LogP contribution in [0, 0.1) is 13.8 Å². The molecule has 0 aromatic heterocycles. The second kappa shape index (κ2) is 20.7. The van der Waals surface area contributed by atoms with Gasteiger partial charge >= 0.3 is 0 Å². The monoisotopic (exact) mass is 844 g/mol. The van der Waals surface area contributed by atoms with E-state index in [1.54, 1.807) is 11.0 Å². The lowest BCUT2D eigenvalue weighted by atomic mass is 9.70. The van der Waals surface area contributed by atoms with Gasteiger partial charge in [-0.15, -0.1) is 0 Å². The molecule has 0 N–H and O–H groups in total. The van der Waals surface area contributed by atoms with Crippen molar-refractivity contribution in [1.29, 1.82) is 0 Å². The van der Waals surface area contributed by atoms with Crippen molar-refractivity contribution in [3.8, 4) is 28.4 Å². The molecule has 1 aliphatic rings. The fourth-order valence-electron chi connectivity index (χ4n) is 7.89. The Morgan fingerprint density at radius 3 is 1.46 bits per heavy atom. The van der Waals surface area contributed by atoms with Gasteiger partial charge in [-0.2, -0.15) is 5.10 Å². The smallest absolute Gasteiger partial charge is 0.230 e. The third-order valence-electron chi connectivity index (χ3n) is 11.4. The number of rotatable bonds is 19. The van der Waals surface area contributed by atoms with Gasteiger partial charge in [0, 0.05) is 12.5 Å². The Hall–Kier alpha value is -5.68. The molecule has 0 radical (unpaired) electrons. The summed E-state index contributed by atoms with van der Waals surface area (Å²) in [5.41, 5.74) is 14.0. The predicted octanol–water partition coefficient (Wildman–Crippen LogP) is 14.6. The largest absolute Gasteiger partial charge is 0.458 e. The van der Waals surface area contributed by atoms with Gasteiger partial charge in [0.2, 0.25) is 13.9 Å². The minimum atomic E-state index is -1.72. The van der Waals surface area contributed by atoms with E-state index in [9.17, 15) is 0 Å². The molecule has 61 heavy (non-hydrogen) atoms. The van der Waals surface area contributed by atoms with Crippen LogP contribution in [0.3, 0.4) is 0 Å². The number of unbranched alkanes of at least 4 members (excludes halogenated alkanes) is 2. The summed E-state index contributed by atoms with van der Waals surface area (Å²) in [7, 11) is 0.114. The first kappa shape index (κ1) is 43.4. The van der Waals surface area contributed by atoms with E-state index in [0.717, 1.165) is 35.5 Å². The van der Waals surface area contributed by atoms with Crippen molar-refractivity contribution in [2.24, 2.45) is 5.10 Å². The van der Waals surface area contributed by atoms with E-state index in [1.807, 2.05) is 74.6 Å². The van der Waals surface area contributed by atoms with Crippen LogP contribution in [0.1, 0.15) is 102 Å². The number of fused-ring (bicyclic) bond motifs is 3. The van der Waals surface area contributed by atoms with Crippen molar-refractivity contribution >= 4 is 49.4 Å². The van der Waals surface area contributed by atoms with E-state index in [-0.39, 0.29) is 12.2 Å². The molecular formula is C54H57N2O3PS. The maximum atomic E-state index is 5.93. The molecule has 0 bridgehead atoms. The van der Waals surface area contributed by atoms with Gasteiger partial charge in [0.25, 0.3) is 0 Å². The topological polar surface area (TPSA) is 43.3 Å². The quantitative estimate of drug-likeness (QED) is 0.0267. The summed E-state index contributed by atoms with van der Waals surface area (Å²) in [5.74, 6) is 2.22. The van der Waals surface area contributed by atoms with Crippen molar-refractivity contribution in [1.82, 2.24) is 4.78 Å². The summed E-state index contributed by atoms with van der Waals surface area (Å²) >= 11 is 5.57.